The smallest absolute Gasteiger partial charge is 0.241 e. The molecule has 168 valence electrons. The summed E-state index contributed by atoms with van der Waals surface area (Å²) in [4.78, 5) is 15.1. The number of carbonyl (C=O) groups is 1. The van der Waals surface area contributed by atoms with Gasteiger partial charge in [0, 0.05) is 30.7 Å². The van der Waals surface area contributed by atoms with E-state index in [2.05, 4.69) is 22.3 Å². The summed E-state index contributed by atoms with van der Waals surface area (Å²) in [5.74, 6) is -0.344. The van der Waals surface area contributed by atoms with Crippen molar-refractivity contribution in [3.8, 4) is 0 Å². The van der Waals surface area contributed by atoms with Crippen molar-refractivity contribution in [2.24, 2.45) is 0 Å². The summed E-state index contributed by atoms with van der Waals surface area (Å²) >= 11 is 0. The molecule has 0 atom stereocenters. The maximum atomic E-state index is 12.7. The van der Waals surface area contributed by atoms with Crippen molar-refractivity contribution >= 4 is 38.1 Å². The molecule has 1 heterocycles. The predicted octanol–water partition coefficient (Wildman–Crippen LogP) is 3.91. The van der Waals surface area contributed by atoms with Crippen LogP contribution in [-0.4, -0.2) is 40.2 Å². The lowest BCUT2D eigenvalue weighted by Gasteiger charge is -2.28. The molecule has 1 fully saturated rings. The zero-order valence-electron chi connectivity index (χ0n) is 18.3. The highest BCUT2D eigenvalue weighted by atomic mass is 32.2. The molecule has 1 aliphatic rings. The minimum Gasteiger partial charge on any atom is -0.372 e. The average Bonchev–Trinajstić information content (AvgIpc) is 2.81. The summed E-state index contributed by atoms with van der Waals surface area (Å²) in [6.45, 7) is 2.27. The van der Waals surface area contributed by atoms with Gasteiger partial charge in [0.05, 0.1) is 11.9 Å². The third-order valence-electron chi connectivity index (χ3n) is 5.87. The fourth-order valence-corrected chi connectivity index (χ4v) is 5.04. The molecule has 1 saturated heterocycles. The maximum Gasteiger partial charge on any atom is 0.241 e. The van der Waals surface area contributed by atoms with Crippen LogP contribution in [0.2, 0.25) is 0 Å². The molecule has 4 rings (SSSR count). The second-order valence-corrected chi connectivity index (χ2v) is 10.2. The normalized spacial score (nSPS) is 14.3. The molecule has 0 spiro atoms. The van der Waals surface area contributed by atoms with E-state index in [0.29, 0.717) is 12.2 Å². The molecular formula is C25H29N3O3S. The number of nitrogens with one attached hydrogen (secondary N) is 1. The monoisotopic (exact) mass is 451 g/mol. The van der Waals surface area contributed by atoms with E-state index >= 15 is 0 Å². The molecule has 1 aliphatic heterocycles. The first-order chi connectivity index (χ1) is 15.4. The Morgan fingerprint density at radius 1 is 0.938 bits per heavy atom. The molecular weight excluding hydrogens is 422 g/mol. The van der Waals surface area contributed by atoms with Crippen molar-refractivity contribution in [3.63, 3.8) is 0 Å². The largest absolute Gasteiger partial charge is 0.372 e. The number of piperidine rings is 1. The van der Waals surface area contributed by atoms with Gasteiger partial charge in [0.1, 0.15) is 6.54 Å². The van der Waals surface area contributed by atoms with E-state index in [1.54, 1.807) is 12.1 Å². The van der Waals surface area contributed by atoms with Crippen molar-refractivity contribution in [1.82, 2.24) is 5.32 Å². The van der Waals surface area contributed by atoms with Gasteiger partial charge in [-0.25, -0.2) is 8.42 Å². The van der Waals surface area contributed by atoms with Crippen LogP contribution in [0.1, 0.15) is 24.8 Å². The molecule has 3 aromatic rings. The highest BCUT2D eigenvalue weighted by Crippen LogP contribution is 2.28. The molecule has 0 radical (unpaired) electrons. The molecule has 0 unspecified atom stereocenters. The summed E-state index contributed by atoms with van der Waals surface area (Å²) in [5.41, 5.74) is 2.70. The van der Waals surface area contributed by atoms with Gasteiger partial charge in [0.25, 0.3) is 0 Å². The minimum absolute atomic E-state index is 0.265. The van der Waals surface area contributed by atoms with Crippen molar-refractivity contribution in [1.29, 1.82) is 0 Å². The summed E-state index contributed by atoms with van der Waals surface area (Å²) in [6.07, 6.45) is 4.88. The Bertz CT molecular complexity index is 1180. The van der Waals surface area contributed by atoms with Gasteiger partial charge in [0.15, 0.2) is 0 Å². The van der Waals surface area contributed by atoms with Gasteiger partial charge in [-0.05, 0) is 48.4 Å². The number of anilines is 2. The van der Waals surface area contributed by atoms with Crippen LogP contribution in [0.25, 0.3) is 10.8 Å². The van der Waals surface area contributed by atoms with Crippen LogP contribution in [0.4, 0.5) is 11.4 Å². The first kappa shape index (κ1) is 22.1. The van der Waals surface area contributed by atoms with E-state index in [4.69, 9.17) is 0 Å². The van der Waals surface area contributed by atoms with Crippen LogP contribution in [0.5, 0.6) is 0 Å². The average molecular weight is 452 g/mol. The zero-order valence-corrected chi connectivity index (χ0v) is 19.1. The van der Waals surface area contributed by atoms with E-state index < -0.39 is 10.0 Å². The molecule has 0 aromatic heterocycles. The highest BCUT2D eigenvalue weighted by Gasteiger charge is 2.22. The Kier molecular flexibility index (Phi) is 6.65. The number of rotatable bonds is 7. The molecule has 7 heteroatoms. The Hall–Kier alpha value is -3.06. The molecule has 1 amide bonds. The van der Waals surface area contributed by atoms with Crippen LogP contribution in [0, 0.1) is 0 Å². The fraction of sp³-hybridized carbons (Fsp3) is 0.320. The number of fused-ring (bicyclic) bond motifs is 1. The lowest BCUT2D eigenvalue weighted by atomic mass is 10.1. The second kappa shape index (κ2) is 9.61. The molecule has 0 bridgehead atoms. The first-order valence-electron chi connectivity index (χ1n) is 11.0. The Balaban J connectivity index is 1.43. The van der Waals surface area contributed by atoms with Crippen LogP contribution in [0.3, 0.4) is 0 Å². The Morgan fingerprint density at radius 3 is 2.34 bits per heavy atom. The highest BCUT2D eigenvalue weighted by molar-refractivity contribution is 7.92. The molecule has 0 aliphatic carbocycles. The predicted molar refractivity (Wildman–Crippen MR) is 130 cm³/mol. The van der Waals surface area contributed by atoms with E-state index in [1.807, 2.05) is 42.5 Å². The first-order valence-corrected chi connectivity index (χ1v) is 12.8. The van der Waals surface area contributed by atoms with Gasteiger partial charge in [0.2, 0.25) is 15.9 Å². The molecule has 0 saturated carbocycles. The number of sulfonamides is 1. The third kappa shape index (κ3) is 5.22. The molecule has 3 aromatic carbocycles. The van der Waals surface area contributed by atoms with E-state index in [1.165, 1.54) is 29.3 Å². The maximum absolute atomic E-state index is 12.7. The zero-order chi connectivity index (χ0) is 22.6. The van der Waals surface area contributed by atoms with Gasteiger partial charge in [-0.2, -0.15) is 0 Å². The number of hydrogen-bond acceptors (Lipinski definition) is 4. The van der Waals surface area contributed by atoms with E-state index in [0.717, 1.165) is 35.7 Å². The van der Waals surface area contributed by atoms with Crippen LogP contribution >= 0.6 is 0 Å². The lowest BCUT2D eigenvalue weighted by molar-refractivity contribution is -0.119. The van der Waals surface area contributed by atoms with Crippen molar-refractivity contribution in [2.45, 2.75) is 25.8 Å². The van der Waals surface area contributed by atoms with Crippen molar-refractivity contribution in [3.05, 3.63) is 72.3 Å². The van der Waals surface area contributed by atoms with Gasteiger partial charge >= 0.3 is 0 Å². The van der Waals surface area contributed by atoms with Gasteiger partial charge < -0.3 is 10.2 Å². The van der Waals surface area contributed by atoms with E-state index in [-0.39, 0.29) is 12.5 Å². The second-order valence-electron chi connectivity index (χ2n) is 8.26. The number of hydrogen-bond donors (Lipinski definition) is 1. The van der Waals surface area contributed by atoms with Crippen molar-refractivity contribution < 1.29 is 13.2 Å². The Labute approximate surface area is 189 Å². The van der Waals surface area contributed by atoms with Gasteiger partial charge in [-0.1, -0.05) is 48.5 Å². The minimum atomic E-state index is -3.64. The van der Waals surface area contributed by atoms with Crippen molar-refractivity contribution in [2.75, 3.05) is 35.1 Å². The number of carbonyl (C=O) groups excluding carboxylic acids is 1. The molecule has 6 nitrogen and oxygen atoms in total. The van der Waals surface area contributed by atoms with Crippen LogP contribution < -0.4 is 14.5 Å². The molecule has 32 heavy (non-hydrogen) atoms. The number of nitrogens with zero attached hydrogens (tertiary/aromatic N) is 2. The van der Waals surface area contributed by atoms with Crippen LogP contribution in [0.15, 0.2) is 66.7 Å². The fourth-order valence-electron chi connectivity index (χ4n) is 4.17. The Morgan fingerprint density at radius 2 is 1.62 bits per heavy atom. The summed E-state index contributed by atoms with van der Waals surface area (Å²) in [6, 6.07) is 21.2. The topological polar surface area (TPSA) is 69.7 Å². The SMILES string of the molecule is CS(=O)(=O)N(CC(=O)NCc1ccc(N2CCCCC2)cc1)c1cccc2ccccc12. The lowest BCUT2D eigenvalue weighted by Crippen LogP contribution is -2.40. The quantitative estimate of drug-likeness (QED) is 0.591. The summed E-state index contributed by atoms with van der Waals surface area (Å²) < 4.78 is 26.2. The van der Waals surface area contributed by atoms with Gasteiger partial charge in [-0.15, -0.1) is 0 Å². The van der Waals surface area contributed by atoms with Crippen LogP contribution in [-0.2, 0) is 21.4 Å². The number of amides is 1. The molecule has 1 N–H and O–H groups in total. The summed E-state index contributed by atoms with van der Waals surface area (Å²) in [5, 5.41) is 4.58. The third-order valence-corrected chi connectivity index (χ3v) is 7.00. The summed E-state index contributed by atoms with van der Waals surface area (Å²) in [7, 11) is -3.64. The standard InChI is InChI=1S/C25H29N3O3S/c1-32(30,31)28(24-11-7-9-21-8-3-4-10-23(21)24)19-25(29)26-18-20-12-14-22(15-13-20)27-16-5-2-6-17-27/h3-4,7-15H,2,5-6,16-19H2,1H3,(H,26,29). The number of benzene rings is 3. The van der Waals surface area contributed by atoms with Gasteiger partial charge in [-0.3, -0.25) is 9.10 Å². The van der Waals surface area contributed by atoms with E-state index in [9.17, 15) is 13.2 Å².